The molecule has 2 heterocycles. The van der Waals surface area contributed by atoms with Gasteiger partial charge in [0.2, 0.25) is 0 Å². The topological polar surface area (TPSA) is 107 Å². The number of halogens is 3. The number of nitrogens with zero attached hydrogens (tertiary/aromatic N) is 3. The molecule has 1 N–H and O–H groups in total. The molecule has 5 aromatic rings. The zero-order chi connectivity index (χ0) is 30.3. The van der Waals surface area contributed by atoms with E-state index in [1.54, 1.807) is 37.3 Å². The van der Waals surface area contributed by atoms with Crippen molar-refractivity contribution in [1.82, 2.24) is 14.5 Å². The molecule has 0 radical (unpaired) electrons. The summed E-state index contributed by atoms with van der Waals surface area (Å²) in [6.07, 6.45) is 2.79. The van der Waals surface area contributed by atoms with Crippen LogP contribution >= 0.6 is 0 Å². The van der Waals surface area contributed by atoms with E-state index in [-0.39, 0.29) is 21.8 Å². The molecular formula is C30H26F3N3O5S. The predicted octanol–water partition coefficient (Wildman–Crippen LogP) is 6.42. The minimum Gasteiger partial charge on any atom is -0.440 e. The van der Waals surface area contributed by atoms with Gasteiger partial charge < -0.3 is 18.8 Å². The molecular weight excluding hydrogens is 571 g/mol. The first-order valence-electron chi connectivity index (χ1n) is 12.7. The van der Waals surface area contributed by atoms with Gasteiger partial charge >= 0.3 is 6.61 Å². The highest BCUT2D eigenvalue weighted by molar-refractivity contribution is 7.90. The number of alkyl halides is 2. The zero-order valence-corrected chi connectivity index (χ0v) is 23.8. The van der Waals surface area contributed by atoms with E-state index >= 15 is 4.39 Å². The Morgan fingerprint density at radius 1 is 0.976 bits per heavy atom. The Hall–Kier alpha value is -4.42. The second kappa shape index (κ2) is 11.1. The molecule has 2 aromatic heterocycles. The number of ether oxygens (including phenoxy) is 1. The van der Waals surface area contributed by atoms with E-state index in [0.717, 1.165) is 11.9 Å². The lowest BCUT2D eigenvalue weighted by Crippen LogP contribution is -2.06. The summed E-state index contributed by atoms with van der Waals surface area (Å²) in [6, 6.07) is 13.7. The number of aliphatic hydroxyl groups excluding tert-OH is 1. The Labute approximate surface area is 240 Å². The Morgan fingerprint density at radius 3 is 2.26 bits per heavy atom. The standard InChI is InChI=1S/C30H26F3N3O5S/c1-16-14-36(17(2)34-16)26-10-7-20(21-12-25(31)24(15-37)27(13-21)42(4,38)39)11-23(26)29-28(35-18(3)40-29)19-5-8-22(9-6-19)41-30(32)33/h5-14,30,37H,15H2,1-4H3. The maximum atomic E-state index is 15.0. The van der Waals surface area contributed by atoms with Crippen LogP contribution in [-0.4, -0.2) is 40.9 Å². The first kappa shape index (κ1) is 29.1. The minimum absolute atomic E-state index is 0.0160. The van der Waals surface area contributed by atoms with Crippen LogP contribution in [0.5, 0.6) is 5.75 Å². The normalized spacial score (nSPS) is 11.8. The molecule has 0 aliphatic carbocycles. The highest BCUT2D eigenvalue weighted by Gasteiger charge is 2.23. The van der Waals surface area contributed by atoms with Crippen LogP contribution in [0.25, 0.3) is 39.4 Å². The van der Waals surface area contributed by atoms with Crippen molar-refractivity contribution in [3.8, 4) is 45.1 Å². The summed E-state index contributed by atoms with van der Waals surface area (Å²) in [5.41, 5.74) is 3.37. The van der Waals surface area contributed by atoms with E-state index < -0.39 is 28.9 Å². The molecule has 0 bridgehead atoms. The Kier molecular flexibility index (Phi) is 7.69. The van der Waals surface area contributed by atoms with Gasteiger partial charge in [0, 0.05) is 36.1 Å². The van der Waals surface area contributed by atoms with Crippen LogP contribution in [0.3, 0.4) is 0 Å². The lowest BCUT2D eigenvalue weighted by atomic mass is 9.97. The highest BCUT2D eigenvalue weighted by Crippen LogP contribution is 2.40. The monoisotopic (exact) mass is 597 g/mol. The van der Waals surface area contributed by atoms with Crippen molar-refractivity contribution in [2.24, 2.45) is 0 Å². The van der Waals surface area contributed by atoms with Crippen LogP contribution in [0.1, 0.15) is 23.0 Å². The van der Waals surface area contributed by atoms with Crippen molar-refractivity contribution in [1.29, 1.82) is 0 Å². The Morgan fingerprint density at radius 2 is 1.67 bits per heavy atom. The fraction of sp³-hybridized carbons (Fsp3) is 0.200. The molecule has 12 heteroatoms. The molecule has 0 saturated heterocycles. The lowest BCUT2D eigenvalue weighted by molar-refractivity contribution is -0.0498. The third-order valence-corrected chi connectivity index (χ3v) is 7.80. The summed E-state index contributed by atoms with van der Waals surface area (Å²) in [4.78, 5) is 8.73. The van der Waals surface area contributed by atoms with Crippen LogP contribution in [0.4, 0.5) is 13.2 Å². The number of sulfone groups is 1. The first-order valence-corrected chi connectivity index (χ1v) is 14.6. The van der Waals surface area contributed by atoms with E-state index in [1.165, 1.54) is 24.3 Å². The third kappa shape index (κ3) is 5.68. The van der Waals surface area contributed by atoms with Crippen LogP contribution in [0.15, 0.2) is 70.1 Å². The van der Waals surface area contributed by atoms with Crippen molar-refractivity contribution in [3.05, 3.63) is 89.6 Å². The van der Waals surface area contributed by atoms with Gasteiger partial charge in [-0.1, -0.05) is 6.07 Å². The van der Waals surface area contributed by atoms with E-state index in [2.05, 4.69) is 14.7 Å². The molecule has 0 spiro atoms. The number of aliphatic hydroxyl groups is 1. The summed E-state index contributed by atoms with van der Waals surface area (Å²) in [7, 11) is -3.86. The van der Waals surface area contributed by atoms with Crippen molar-refractivity contribution in [2.45, 2.75) is 38.9 Å². The van der Waals surface area contributed by atoms with Gasteiger partial charge in [-0.25, -0.2) is 22.8 Å². The third-order valence-electron chi connectivity index (χ3n) is 6.64. The molecule has 0 fully saturated rings. The molecule has 3 aromatic carbocycles. The average Bonchev–Trinajstić information content (AvgIpc) is 3.48. The number of rotatable bonds is 8. The number of aryl methyl sites for hydroxylation is 3. The fourth-order valence-corrected chi connectivity index (χ4v) is 5.78. The molecule has 0 amide bonds. The van der Waals surface area contributed by atoms with Gasteiger partial charge in [-0.15, -0.1) is 0 Å². The SMILES string of the molecule is Cc1cn(-c2ccc(-c3cc(F)c(CO)c(S(C)(=O)=O)c3)cc2-c2oc(C)nc2-c2ccc(OC(F)F)cc2)c(C)n1. The molecule has 0 aliphatic heterocycles. The molecule has 0 atom stereocenters. The van der Waals surface area contributed by atoms with Gasteiger partial charge in [-0.05, 0) is 73.5 Å². The van der Waals surface area contributed by atoms with Gasteiger partial charge in [0.1, 0.15) is 23.1 Å². The van der Waals surface area contributed by atoms with E-state index in [1.807, 2.05) is 24.6 Å². The van der Waals surface area contributed by atoms with Crippen molar-refractivity contribution < 1.29 is 35.8 Å². The van der Waals surface area contributed by atoms with E-state index in [9.17, 15) is 22.3 Å². The van der Waals surface area contributed by atoms with Gasteiger partial charge in [-0.3, -0.25) is 0 Å². The van der Waals surface area contributed by atoms with Gasteiger partial charge in [0.15, 0.2) is 21.5 Å². The second-order valence-corrected chi connectivity index (χ2v) is 11.7. The van der Waals surface area contributed by atoms with E-state index in [4.69, 9.17) is 4.42 Å². The molecule has 5 rings (SSSR count). The summed E-state index contributed by atoms with van der Waals surface area (Å²) < 4.78 is 77.7. The molecule has 0 aliphatic rings. The maximum Gasteiger partial charge on any atom is 0.387 e. The number of oxazole rings is 1. The number of benzene rings is 3. The first-order chi connectivity index (χ1) is 19.8. The number of hydrogen-bond donors (Lipinski definition) is 1. The maximum absolute atomic E-state index is 15.0. The predicted molar refractivity (Wildman–Crippen MR) is 150 cm³/mol. The molecule has 0 saturated carbocycles. The number of imidazole rings is 1. The van der Waals surface area contributed by atoms with Crippen molar-refractivity contribution in [3.63, 3.8) is 0 Å². The molecule has 218 valence electrons. The van der Waals surface area contributed by atoms with Gasteiger partial charge in [-0.2, -0.15) is 8.78 Å². The van der Waals surface area contributed by atoms with Crippen molar-refractivity contribution in [2.75, 3.05) is 6.26 Å². The molecule has 8 nitrogen and oxygen atoms in total. The zero-order valence-electron chi connectivity index (χ0n) is 23.0. The van der Waals surface area contributed by atoms with Crippen LogP contribution < -0.4 is 4.74 Å². The van der Waals surface area contributed by atoms with Crippen molar-refractivity contribution >= 4 is 9.84 Å². The summed E-state index contributed by atoms with van der Waals surface area (Å²) in [5, 5.41) is 9.63. The summed E-state index contributed by atoms with van der Waals surface area (Å²) in [5.74, 6) is 0.488. The molecule has 0 unspecified atom stereocenters. The van der Waals surface area contributed by atoms with E-state index in [0.29, 0.717) is 45.5 Å². The highest BCUT2D eigenvalue weighted by atomic mass is 32.2. The van der Waals surface area contributed by atoms with Gasteiger partial charge in [0.05, 0.1) is 22.9 Å². The van der Waals surface area contributed by atoms with Gasteiger partial charge in [0.25, 0.3) is 0 Å². The number of hydrogen-bond acceptors (Lipinski definition) is 7. The smallest absolute Gasteiger partial charge is 0.387 e. The fourth-order valence-electron chi connectivity index (χ4n) is 4.83. The van der Waals surface area contributed by atoms with Crippen LogP contribution in [0, 0.1) is 26.6 Å². The molecule has 42 heavy (non-hydrogen) atoms. The minimum atomic E-state index is -3.86. The Balaban J connectivity index is 1.74. The summed E-state index contributed by atoms with van der Waals surface area (Å²) in [6.45, 7) is 1.61. The Bertz CT molecular complexity index is 1900. The lowest BCUT2D eigenvalue weighted by Gasteiger charge is -2.15. The quantitative estimate of drug-likeness (QED) is 0.220. The largest absolute Gasteiger partial charge is 0.440 e. The average molecular weight is 598 g/mol. The van der Waals surface area contributed by atoms with Crippen LogP contribution in [-0.2, 0) is 16.4 Å². The summed E-state index contributed by atoms with van der Waals surface area (Å²) >= 11 is 0. The second-order valence-electron chi connectivity index (χ2n) is 9.71. The van der Waals surface area contributed by atoms with Crippen LogP contribution in [0.2, 0.25) is 0 Å². The number of aromatic nitrogens is 3.